The molecule has 0 rings (SSSR count). The van der Waals surface area contributed by atoms with Crippen molar-refractivity contribution < 1.29 is 25.9 Å². The Kier molecular flexibility index (Phi) is 4.98. The Morgan fingerprint density at radius 3 is 2.06 bits per heavy atom. The lowest BCUT2D eigenvalue weighted by atomic mass is 10.4. The number of rotatable bonds is 6. The van der Waals surface area contributed by atoms with Crippen LogP contribution in [0.4, 0.5) is 12.7 Å². The third-order valence-electron chi connectivity index (χ3n) is 1.84. The van der Waals surface area contributed by atoms with Crippen molar-refractivity contribution in [3.8, 4) is 0 Å². The highest BCUT2D eigenvalue weighted by molar-refractivity contribution is 7.88. The Labute approximate surface area is 91.9 Å². The van der Waals surface area contributed by atoms with Gasteiger partial charge in [-0.25, -0.2) is 0 Å². The number of nitrogens with zero attached hydrogens (tertiary/aromatic N) is 1. The molecule has 0 bridgehead atoms. The fraction of sp³-hybridized carbons (Fsp3) is 0.625. The van der Waals surface area contributed by atoms with Gasteiger partial charge >= 0.3 is 15.5 Å². The van der Waals surface area contributed by atoms with Crippen LogP contribution in [-0.4, -0.2) is 37.4 Å². The van der Waals surface area contributed by atoms with Gasteiger partial charge in [-0.2, -0.15) is 17.2 Å². The van der Waals surface area contributed by atoms with Gasteiger partial charge in [-0.05, 0) is 13.8 Å². The van der Waals surface area contributed by atoms with E-state index in [0.29, 0.717) is 19.2 Å². The number of hydrogen-bond acceptors (Lipinski definition) is 4. The van der Waals surface area contributed by atoms with E-state index >= 15 is 0 Å². The van der Waals surface area contributed by atoms with Gasteiger partial charge in [-0.3, -0.25) is 4.79 Å². The first-order valence-corrected chi connectivity index (χ1v) is 5.83. The van der Waals surface area contributed by atoms with E-state index in [-0.39, 0.29) is 0 Å². The molecule has 4 nitrogen and oxygen atoms in total. The van der Waals surface area contributed by atoms with Crippen LogP contribution in [-0.2, 0) is 15.0 Å². The second-order valence-electron chi connectivity index (χ2n) is 2.86. The third kappa shape index (κ3) is 3.51. The Hall–Kier alpha value is -1.05. The lowest BCUT2D eigenvalue weighted by molar-refractivity contribution is -0.128. The third-order valence-corrected chi connectivity index (χ3v) is 2.66. The largest absolute Gasteiger partial charge is 0.435 e. The van der Waals surface area contributed by atoms with Crippen molar-refractivity contribution in [3.05, 3.63) is 12.3 Å². The Morgan fingerprint density at radius 1 is 1.31 bits per heavy atom. The molecule has 0 aromatic heterocycles. The summed E-state index contributed by atoms with van der Waals surface area (Å²) >= 11 is 0. The Balaban J connectivity index is 4.84. The molecule has 0 spiro atoms. The maximum atomic E-state index is 12.6. The average molecular weight is 259 g/mol. The van der Waals surface area contributed by atoms with Gasteiger partial charge in [0.05, 0.1) is 0 Å². The summed E-state index contributed by atoms with van der Waals surface area (Å²) in [6.45, 7) is 4.33. The van der Waals surface area contributed by atoms with E-state index in [1.807, 2.05) is 0 Å². The van der Waals surface area contributed by atoms with Crippen LogP contribution in [0.3, 0.4) is 0 Å². The van der Waals surface area contributed by atoms with Crippen molar-refractivity contribution in [3.63, 3.8) is 0 Å². The maximum absolute atomic E-state index is 12.6. The van der Waals surface area contributed by atoms with E-state index in [4.69, 9.17) is 0 Å². The molecule has 0 amide bonds. The van der Waals surface area contributed by atoms with E-state index in [1.54, 1.807) is 13.8 Å². The number of ketones is 1. The molecule has 0 atom stereocenters. The first kappa shape index (κ1) is 14.9. The molecular formula is C8H12F3NO3S. The van der Waals surface area contributed by atoms with E-state index in [0.717, 1.165) is 6.20 Å². The fourth-order valence-corrected chi connectivity index (χ4v) is 1.13. The van der Waals surface area contributed by atoms with E-state index in [1.165, 1.54) is 4.90 Å². The Bertz CT molecular complexity index is 374. The molecule has 0 aliphatic rings. The lowest BCUT2D eigenvalue weighted by Crippen LogP contribution is -2.34. The molecule has 0 aliphatic carbocycles. The van der Waals surface area contributed by atoms with Crippen molar-refractivity contribution in [2.75, 3.05) is 13.1 Å². The summed E-state index contributed by atoms with van der Waals surface area (Å²) in [7, 11) is -6.22. The second kappa shape index (κ2) is 5.33. The van der Waals surface area contributed by atoms with Crippen molar-refractivity contribution >= 4 is 16.0 Å². The molecule has 0 fully saturated rings. The summed E-state index contributed by atoms with van der Waals surface area (Å²) in [6.07, 6.45) is 1.35. The van der Waals surface area contributed by atoms with Crippen LogP contribution in [0.5, 0.6) is 0 Å². The van der Waals surface area contributed by atoms with Crippen LogP contribution in [0.2, 0.25) is 0 Å². The molecule has 16 heavy (non-hydrogen) atoms. The molecule has 0 aromatic carbocycles. The van der Waals surface area contributed by atoms with Crippen LogP contribution in [0.1, 0.15) is 13.8 Å². The quantitative estimate of drug-likeness (QED) is 0.533. The number of alkyl halides is 2. The van der Waals surface area contributed by atoms with Crippen LogP contribution in [0.15, 0.2) is 12.3 Å². The summed E-state index contributed by atoms with van der Waals surface area (Å²) in [5, 5.41) is -5.02. The topological polar surface area (TPSA) is 54.5 Å². The molecular weight excluding hydrogens is 247 g/mol. The van der Waals surface area contributed by atoms with E-state index in [9.17, 15) is 25.9 Å². The summed E-state index contributed by atoms with van der Waals surface area (Å²) in [5.74, 6) is -2.10. The van der Waals surface area contributed by atoms with Gasteiger partial charge in [0.25, 0.3) is 0 Å². The molecule has 0 radical (unpaired) electrons. The SMILES string of the molecule is CCN(/C=C/C(=O)C(F)(F)S(=O)(=O)F)CC. The number of halogens is 3. The van der Waals surface area contributed by atoms with Crippen molar-refractivity contribution in [1.82, 2.24) is 4.90 Å². The molecule has 0 aliphatic heterocycles. The highest BCUT2D eigenvalue weighted by Crippen LogP contribution is 2.25. The smallest absolute Gasteiger partial charge is 0.378 e. The van der Waals surface area contributed by atoms with Crippen molar-refractivity contribution in [1.29, 1.82) is 0 Å². The average Bonchev–Trinajstić information content (AvgIpc) is 2.17. The number of carbonyl (C=O) groups is 1. The van der Waals surface area contributed by atoms with Gasteiger partial charge in [0.1, 0.15) is 0 Å². The number of carbonyl (C=O) groups excluding carboxylic acids is 1. The lowest BCUT2D eigenvalue weighted by Gasteiger charge is -2.15. The zero-order valence-electron chi connectivity index (χ0n) is 8.78. The monoisotopic (exact) mass is 259 g/mol. The van der Waals surface area contributed by atoms with Crippen LogP contribution >= 0.6 is 0 Å². The minimum absolute atomic E-state index is 0.351. The molecule has 0 aromatic rings. The van der Waals surface area contributed by atoms with Gasteiger partial charge in [0.2, 0.25) is 5.78 Å². The molecule has 0 saturated carbocycles. The number of hydrogen-bond donors (Lipinski definition) is 0. The first-order valence-electron chi connectivity index (χ1n) is 4.45. The van der Waals surface area contributed by atoms with Crippen molar-refractivity contribution in [2.45, 2.75) is 19.1 Å². The normalized spacial score (nSPS) is 13.1. The van der Waals surface area contributed by atoms with Crippen LogP contribution < -0.4 is 0 Å². The summed E-state index contributed by atoms with van der Waals surface area (Å²) in [5.41, 5.74) is 0. The summed E-state index contributed by atoms with van der Waals surface area (Å²) in [6, 6.07) is 0. The van der Waals surface area contributed by atoms with Gasteiger partial charge in [0.15, 0.2) is 0 Å². The first-order chi connectivity index (χ1) is 7.16. The van der Waals surface area contributed by atoms with E-state index in [2.05, 4.69) is 0 Å². The van der Waals surface area contributed by atoms with Crippen LogP contribution in [0, 0.1) is 0 Å². The van der Waals surface area contributed by atoms with Crippen LogP contribution in [0.25, 0.3) is 0 Å². The highest BCUT2D eigenvalue weighted by atomic mass is 32.3. The molecule has 0 N–H and O–H groups in total. The van der Waals surface area contributed by atoms with E-state index < -0.39 is 21.3 Å². The van der Waals surface area contributed by atoms with Gasteiger partial charge in [-0.15, -0.1) is 0 Å². The van der Waals surface area contributed by atoms with Crippen molar-refractivity contribution in [2.24, 2.45) is 0 Å². The molecule has 0 unspecified atom stereocenters. The predicted molar refractivity (Wildman–Crippen MR) is 52.0 cm³/mol. The standard InChI is InChI=1S/C8H12F3NO3S/c1-3-12(4-2)6-5-7(13)8(9,10)16(11,14)15/h5-6H,3-4H2,1-2H3/b6-5+. The summed E-state index contributed by atoms with van der Waals surface area (Å²) < 4.78 is 57.2. The maximum Gasteiger partial charge on any atom is 0.435 e. The zero-order valence-corrected chi connectivity index (χ0v) is 9.60. The molecule has 0 saturated heterocycles. The minimum Gasteiger partial charge on any atom is -0.378 e. The second-order valence-corrected chi connectivity index (χ2v) is 4.24. The highest BCUT2D eigenvalue weighted by Gasteiger charge is 2.52. The van der Waals surface area contributed by atoms with Gasteiger partial charge in [-0.1, -0.05) is 3.89 Å². The molecule has 8 heteroatoms. The van der Waals surface area contributed by atoms with Gasteiger partial charge in [0, 0.05) is 25.4 Å². The van der Waals surface area contributed by atoms with Gasteiger partial charge < -0.3 is 4.90 Å². The zero-order chi connectivity index (χ0) is 13.0. The Morgan fingerprint density at radius 2 is 1.75 bits per heavy atom. The summed E-state index contributed by atoms with van der Waals surface area (Å²) in [4.78, 5) is 12.2. The minimum atomic E-state index is -6.22. The number of allylic oxidation sites excluding steroid dienone is 1. The molecule has 94 valence electrons. The fourth-order valence-electron chi connectivity index (χ4n) is 0.825. The molecule has 0 heterocycles. The predicted octanol–water partition coefficient (Wildman–Crippen LogP) is 1.30.